The van der Waals surface area contributed by atoms with Gasteiger partial charge < -0.3 is 0 Å². The second-order valence-electron chi connectivity index (χ2n) is 9.17. The number of allylic oxidation sites excluding steroid dienone is 5. The molecule has 3 saturated carbocycles. The summed E-state index contributed by atoms with van der Waals surface area (Å²) in [6, 6.07) is 0. The van der Waals surface area contributed by atoms with E-state index >= 15 is 0 Å². The van der Waals surface area contributed by atoms with Crippen molar-refractivity contribution < 1.29 is 0 Å². The Morgan fingerprint density at radius 2 is 1.86 bits per heavy atom. The van der Waals surface area contributed by atoms with Crippen molar-refractivity contribution in [1.82, 2.24) is 0 Å². The topological polar surface area (TPSA) is 0 Å². The maximum absolute atomic E-state index is 4.45. The molecule has 0 aromatic heterocycles. The molecule has 22 heavy (non-hydrogen) atoms. The second kappa shape index (κ2) is 4.62. The van der Waals surface area contributed by atoms with E-state index in [0.29, 0.717) is 16.7 Å². The lowest BCUT2D eigenvalue weighted by Gasteiger charge is -2.59. The SMILES string of the molecule is C=C1CCC2C3CCC4=CC(C)=C[C@H](C)C4(C)C3CCC12C. The van der Waals surface area contributed by atoms with Crippen LogP contribution in [0.4, 0.5) is 0 Å². The molecule has 0 aromatic rings. The Labute approximate surface area is 136 Å². The van der Waals surface area contributed by atoms with Gasteiger partial charge in [-0.1, -0.05) is 56.2 Å². The number of rotatable bonds is 0. The van der Waals surface area contributed by atoms with Crippen molar-refractivity contribution in [3.05, 3.63) is 35.5 Å². The quantitative estimate of drug-likeness (QED) is 0.460. The first-order valence-corrected chi connectivity index (χ1v) is 9.45. The van der Waals surface area contributed by atoms with Gasteiger partial charge in [-0.05, 0) is 80.0 Å². The Balaban J connectivity index is 1.73. The number of hydrogen-bond donors (Lipinski definition) is 0. The third-order valence-electron chi connectivity index (χ3n) is 8.46. The molecule has 0 bridgehead atoms. The molecule has 120 valence electrons. The Kier molecular flexibility index (Phi) is 3.10. The summed E-state index contributed by atoms with van der Waals surface area (Å²) in [6.45, 7) is 14.3. The summed E-state index contributed by atoms with van der Waals surface area (Å²) in [5.74, 6) is 3.45. The Bertz CT molecular complexity index is 577. The molecule has 0 aliphatic heterocycles. The van der Waals surface area contributed by atoms with Crippen LogP contribution in [0.3, 0.4) is 0 Å². The monoisotopic (exact) mass is 296 g/mol. The molecule has 0 heteroatoms. The Morgan fingerprint density at radius 3 is 2.64 bits per heavy atom. The van der Waals surface area contributed by atoms with Gasteiger partial charge in [0.05, 0.1) is 0 Å². The molecule has 0 amide bonds. The lowest BCUT2D eigenvalue weighted by atomic mass is 9.46. The fourth-order valence-electron chi connectivity index (χ4n) is 6.92. The molecule has 0 heterocycles. The second-order valence-corrected chi connectivity index (χ2v) is 9.17. The maximum atomic E-state index is 4.45. The predicted octanol–water partition coefficient (Wildman–Crippen LogP) is 6.31. The predicted molar refractivity (Wildman–Crippen MR) is 94.5 cm³/mol. The summed E-state index contributed by atoms with van der Waals surface area (Å²) < 4.78 is 0. The highest BCUT2D eigenvalue weighted by Crippen LogP contribution is 2.66. The van der Waals surface area contributed by atoms with E-state index in [9.17, 15) is 0 Å². The Morgan fingerprint density at radius 1 is 1.09 bits per heavy atom. The molecule has 6 atom stereocenters. The molecule has 5 unspecified atom stereocenters. The molecule has 4 aliphatic rings. The minimum Gasteiger partial charge on any atom is -0.0993 e. The molecule has 0 spiro atoms. The maximum Gasteiger partial charge on any atom is -0.00219 e. The van der Waals surface area contributed by atoms with Gasteiger partial charge in [-0.3, -0.25) is 0 Å². The highest BCUT2D eigenvalue weighted by Gasteiger charge is 2.57. The third kappa shape index (κ3) is 1.70. The molecular formula is C22H32. The van der Waals surface area contributed by atoms with E-state index in [1.807, 2.05) is 0 Å². The van der Waals surface area contributed by atoms with Crippen molar-refractivity contribution in [2.45, 2.75) is 66.2 Å². The normalized spacial score (nSPS) is 50.6. The third-order valence-corrected chi connectivity index (χ3v) is 8.46. The van der Waals surface area contributed by atoms with E-state index in [2.05, 4.69) is 46.4 Å². The summed E-state index contributed by atoms with van der Waals surface area (Å²) in [5.41, 5.74) is 5.71. The van der Waals surface area contributed by atoms with Crippen LogP contribution >= 0.6 is 0 Å². The first-order valence-electron chi connectivity index (χ1n) is 9.45. The average Bonchev–Trinajstić information content (AvgIpc) is 2.77. The molecule has 0 nitrogen and oxygen atoms in total. The van der Waals surface area contributed by atoms with E-state index in [1.54, 1.807) is 11.1 Å². The summed E-state index contributed by atoms with van der Waals surface area (Å²) >= 11 is 0. The van der Waals surface area contributed by atoms with Gasteiger partial charge in [-0.15, -0.1) is 0 Å². The molecular weight excluding hydrogens is 264 g/mol. The molecule has 3 fully saturated rings. The van der Waals surface area contributed by atoms with E-state index in [-0.39, 0.29) is 0 Å². The zero-order valence-electron chi connectivity index (χ0n) is 14.9. The van der Waals surface area contributed by atoms with Crippen LogP contribution in [0, 0.1) is 34.5 Å². The van der Waals surface area contributed by atoms with Crippen molar-refractivity contribution in [3.8, 4) is 0 Å². The minimum atomic E-state index is 0.424. The van der Waals surface area contributed by atoms with Crippen molar-refractivity contribution in [3.63, 3.8) is 0 Å². The van der Waals surface area contributed by atoms with Gasteiger partial charge in [0.15, 0.2) is 0 Å². The van der Waals surface area contributed by atoms with Crippen LogP contribution in [0.25, 0.3) is 0 Å². The van der Waals surface area contributed by atoms with Crippen molar-refractivity contribution >= 4 is 0 Å². The van der Waals surface area contributed by atoms with E-state index in [0.717, 1.165) is 17.8 Å². The molecule has 0 saturated heterocycles. The Hall–Kier alpha value is -0.780. The molecule has 4 aliphatic carbocycles. The van der Waals surface area contributed by atoms with Crippen LogP contribution in [-0.4, -0.2) is 0 Å². The van der Waals surface area contributed by atoms with Gasteiger partial charge in [0.2, 0.25) is 0 Å². The molecule has 0 N–H and O–H groups in total. The fourth-order valence-corrected chi connectivity index (χ4v) is 6.92. The minimum absolute atomic E-state index is 0.424. The van der Waals surface area contributed by atoms with Crippen LogP contribution in [0.5, 0.6) is 0 Å². The van der Waals surface area contributed by atoms with Gasteiger partial charge in [0.25, 0.3) is 0 Å². The van der Waals surface area contributed by atoms with Crippen LogP contribution in [-0.2, 0) is 0 Å². The summed E-state index contributed by atoms with van der Waals surface area (Å²) in [4.78, 5) is 0. The lowest BCUT2D eigenvalue weighted by Crippen LogP contribution is -2.51. The number of hydrogen-bond acceptors (Lipinski definition) is 0. The van der Waals surface area contributed by atoms with Gasteiger partial charge in [0, 0.05) is 0 Å². The van der Waals surface area contributed by atoms with Crippen LogP contribution in [0.2, 0.25) is 0 Å². The van der Waals surface area contributed by atoms with Crippen molar-refractivity contribution in [2.75, 3.05) is 0 Å². The molecule has 4 rings (SSSR count). The van der Waals surface area contributed by atoms with E-state index in [4.69, 9.17) is 0 Å². The van der Waals surface area contributed by atoms with Crippen LogP contribution < -0.4 is 0 Å². The van der Waals surface area contributed by atoms with Gasteiger partial charge in [-0.25, -0.2) is 0 Å². The largest absolute Gasteiger partial charge is 0.0993 e. The average molecular weight is 296 g/mol. The zero-order chi connectivity index (χ0) is 15.7. The van der Waals surface area contributed by atoms with Crippen LogP contribution in [0.1, 0.15) is 66.2 Å². The summed E-state index contributed by atoms with van der Waals surface area (Å²) in [5, 5.41) is 0. The standard InChI is InChI=1S/C22H32/c1-14-12-16(3)22(5)17(13-14)7-8-18-19-9-6-15(2)21(19,4)11-10-20(18)22/h12-13,16,18-20H,2,6-11H2,1,3-5H3/t16-,18?,19?,20?,21?,22?/m0/s1. The molecule has 0 aromatic carbocycles. The van der Waals surface area contributed by atoms with Gasteiger partial charge >= 0.3 is 0 Å². The van der Waals surface area contributed by atoms with Crippen molar-refractivity contribution in [1.29, 1.82) is 0 Å². The first-order chi connectivity index (χ1) is 10.4. The fraction of sp³-hybridized carbons (Fsp3) is 0.727. The van der Waals surface area contributed by atoms with Crippen LogP contribution in [0.15, 0.2) is 35.5 Å². The smallest absolute Gasteiger partial charge is 0.00219 e. The zero-order valence-corrected chi connectivity index (χ0v) is 14.9. The van der Waals surface area contributed by atoms with E-state index in [1.165, 1.54) is 44.1 Å². The lowest BCUT2D eigenvalue weighted by molar-refractivity contribution is -0.0341. The highest BCUT2D eigenvalue weighted by molar-refractivity contribution is 5.37. The molecule has 0 radical (unpaired) electrons. The van der Waals surface area contributed by atoms with Crippen molar-refractivity contribution in [2.24, 2.45) is 34.5 Å². The first kappa shape index (κ1) is 14.8. The summed E-state index contributed by atoms with van der Waals surface area (Å²) in [7, 11) is 0. The van der Waals surface area contributed by atoms with Gasteiger partial charge in [0.1, 0.15) is 0 Å². The summed E-state index contributed by atoms with van der Waals surface area (Å²) in [6.07, 6.45) is 13.3. The number of fused-ring (bicyclic) bond motifs is 5. The van der Waals surface area contributed by atoms with Gasteiger partial charge in [-0.2, -0.15) is 0 Å². The van der Waals surface area contributed by atoms with E-state index < -0.39 is 0 Å². The highest BCUT2D eigenvalue weighted by atomic mass is 14.6.